The molecule has 27 heavy (non-hydrogen) atoms. The average Bonchev–Trinajstić information content (AvgIpc) is 2.68. The number of morpholine rings is 1. The van der Waals surface area contributed by atoms with Gasteiger partial charge in [0.25, 0.3) is 5.91 Å². The molecule has 142 valence electrons. The summed E-state index contributed by atoms with van der Waals surface area (Å²) in [7, 11) is 0. The summed E-state index contributed by atoms with van der Waals surface area (Å²) < 4.78 is 5.29. The molecule has 1 saturated heterocycles. The average molecular weight is 407 g/mol. The summed E-state index contributed by atoms with van der Waals surface area (Å²) in [4.78, 5) is 26.9. The molecule has 0 atom stereocenters. The monoisotopic (exact) mass is 406 g/mol. The van der Waals surface area contributed by atoms with Gasteiger partial charge in [0, 0.05) is 29.6 Å². The van der Waals surface area contributed by atoms with E-state index in [1.807, 2.05) is 0 Å². The highest BCUT2D eigenvalue weighted by molar-refractivity contribution is 6.36. The van der Waals surface area contributed by atoms with E-state index < -0.39 is 0 Å². The number of carbonyl (C=O) groups excluding carboxylic acids is 2. The van der Waals surface area contributed by atoms with Gasteiger partial charge in [-0.2, -0.15) is 0 Å². The number of nitrogens with zero attached hydrogens (tertiary/aromatic N) is 1. The zero-order valence-corrected chi connectivity index (χ0v) is 16.2. The number of carbonyl (C=O) groups is 2. The second-order valence-corrected chi connectivity index (χ2v) is 7.01. The molecule has 1 N–H and O–H groups in total. The molecule has 0 spiro atoms. The van der Waals surface area contributed by atoms with E-state index >= 15 is 0 Å². The van der Waals surface area contributed by atoms with Crippen molar-refractivity contribution in [3.8, 4) is 0 Å². The van der Waals surface area contributed by atoms with Crippen molar-refractivity contribution in [3.05, 3.63) is 63.6 Å². The van der Waals surface area contributed by atoms with Gasteiger partial charge in [0.1, 0.15) is 0 Å². The second-order valence-electron chi connectivity index (χ2n) is 6.20. The van der Waals surface area contributed by atoms with Crippen molar-refractivity contribution in [2.24, 2.45) is 0 Å². The molecule has 1 aliphatic rings. The van der Waals surface area contributed by atoms with Crippen molar-refractivity contribution >= 4 is 40.7 Å². The molecule has 0 bridgehead atoms. The highest BCUT2D eigenvalue weighted by atomic mass is 35.5. The third-order valence-corrected chi connectivity index (χ3v) is 5.10. The number of rotatable bonds is 5. The molecule has 0 unspecified atom stereocenters. The molecule has 1 fully saturated rings. The van der Waals surface area contributed by atoms with Crippen molar-refractivity contribution in [1.29, 1.82) is 0 Å². The molecule has 0 saturated carbocycles. The fourth-order valence-corrected chi connectivity index (χ4v) is 3.52. The van der Waals surface area contributed by atoms with Crippen molar-refractivity contribution in [3.63, 3.8) is 0 Å². The van der Waals surface area contributed by atoms with Gasteiger partial charge in [-0.1, -0.05) is 41.4 Å². The van der Waals surface area contributed by atoms with Crippen LogP contribution in [-0.2, 0) is 16.0 Å². The minimum absolute atomic E-state index is 0.108. The minimum Gasteiger partial charge on any atom is -0.378 e. The van der Waals surface area contributed by atoms with Gasteiger partial charge < -0.3 is 15.0 Å². The summed E-state index contributed by atoms with van der Waals surface area (Å²) >= 11 is 12.3. The number of halogens is 2. The van der Waals surface area contributed by atoms with Crippen molar-refractivity contribution in [2.45, 2.75) is 12.8 Å². The Morgan fingerprint density at radius 1 is 1.00 bits per heavy atom. The standard InChI is InChI=1S/C20H20Cl2N2O3/c21-16-5-3-6-17(22)14(16)8-9-19(25)23-18-7-2-1-4-15(18)20(26)24-10-12-27-13-11-24/h1-7H,8-13H2,(H,23,25). The van der Waals surface area contributed by atoms with Gasteiger partial charge in [0.15, 0.2) is 0 Å². The number of ether oxygens (including phenoxy) is 1. The number of nitrogens with one attached hydrogen (secondary N) is 1. The minimum atomic E-state index is -0.201. The quantitative estimate of drug-likeness (QED) is 0.814. The maximum Gasteiger partial charge on any atom is 0.256 e. The molecule has 3 rings (SSSR count). The summed E-state index contributed by atoms with van der Waals surface area (Å²) in [5.41, 5.74) is 1.72. The Morgan fingerprint density at radius 2 is 1.67 bits per heavy atom. The summed E-state index contributed by atoms with van der Waals surface area (Å²) in [6.07, 6.45) is 0.632. The normalized spacial score (nSPS) is 14.1. The summed E-state index contributed by atoms with van der Waals surface area (Å²) in [5, 5.41) is 3.92. The molecule has 1 aliphatic heterocycles. The summed E-state index contributed by atoms with van der Waals surface area (Å²) in [6, 6.07) is 12.3. The lowest BCUT2D eigenvalue weighted by atomic mass is 10.1. The molecule has 2 amide bonds. The van der Waals surface area contributed by atoms with Crippen molar-refractivity contribution in [1.82, 2.24) is 4.90 Å². The van der Waals surface area contributed by atoms with Crippen LogP contribution in [0.15, 0.2) is 42.5 Å². The Balaban J connectivity index is 1.66. The van der Waals surface area contributed by atoms with Crippen LogP contribution in [0.25, 0.3) is 0 Å². The fraction of sp³-hybridized carbons (Fsp3) is 0.300. The molecular formula is C20H20Cl2N2O3. The molecule has 2 aromatic carbocycles. The molecule has 2 aromatic rings. The van der Waals surface area contributed by atoms with Gasteiger partial charge in [-0.3, -0.25) is 9.59 Å². The first-order chi connectivity index (χ1) is 13.1. The molecule has 0 radical (unpaired) electrons. The third-order valence-electron chi connectivity index (χ3n) is 4.39. The molecule has 5 nitrogen and oxygen atoms in total. The predicted octanol–water partition coefficient (Wildman–Crippen LogP) is 4.04. The molecule has 0 aliphatic carbocycles. The number of hydrogen-bond donors (Lipinski definition) is 1. The van der Waals surface area contributed by atoms with E-state index in [9.17, 15) is 9.59 Å². The van der Waals surface area contributed by atoms with Crippen LogP contribution in [0.3, 0.4) is 0 Å². The molecule has 1 heterocycles. The number of benzene rings is 2. The van der Waals surface area contributed by atoms with Crippen LogP contribution in [0.4, 0.5) is 5.69 Å². The summed E-state index contributed by atoms with van der Waals surface area (Å²) in [6.45, 7) is 2.15. The van der Waals surface area contributed by atoms with Gasteiger partial charge in [0.2, 0.25) is 5.91 Å². The predicted molar refractivity (Wildman–Crippen MR) is 107 cm³/mol. The van der Waals surface area contributed by atoms with Gasteiger partial charge in [-0.25, -0.2) is 0 Å². The maximum atomic E-state index is 12.8. The lowest BCUT2D eigenvalue weighted by Crippen LogP contribution is -2.41. The van der Waals surface area contributed by atoms with Crippen molar-refractivity contribution < 1.29 is 14.3 Å². The Hall–Kier alpha value is -2.08. The number of amides is 2. The number of anilines is 1. The number of para-hydroxylation sites is 1. The Morgan fingerprint density at radius 3 is 2.37 bits per heavy atom. The largest absolute Gasteiger partial charge is 0.378 e. The summed E-state index contributed by atoms with van der Waals surface area (Å²) in [5.74, 6) is -0.309. The van der Waals surface area contributed by atoms with Crippen LogP contribution in [0.2, 0.25) is 10.0 Å². The Kier molecular flexibility index (Phi) is 6.72. The van der Waals surface area contributed by atoms with E-state index in [-0.39, 0.29) is 18.2 Å². The zero-order chi connectivity index (χ0) is 19.2. The third kappa shape index (κ3) is 5.01. The lowest BCUT2D eigenvalue weighted by Gasteiger charge is -2.27. The van der Waals surface area contributed by atoms with Gasteiger partial charge in [-0.15, -0.1) is 0 Å². The molecular weight excluding hydrogens is 387 g/mol. The van der Waals surface area contributed by atoms with E-state index in [1.165, 1.54) is 0 Å². The van der Waals surface area contributed by atoms with Crippen LogP contribution in [-0.4, -0.2) is 43.0 Å². The number of hydrogen-bond acceptors (Lipinski definition) is 3. The van der Waals surface area contributed by atoms with Crippen LogP contribution in [0, 0.1) is 0 Å². The second kappa shape index (κ2) is 9.22. The topological polar surface area (TPSA) is 58.6 Å². The van der Waals surface area contributed by atoms with E-state index in [4.69, 9.17) is 27.9 Å². The smallest absolute Gasteiger partial charge is 0.256 e. The highest BCUT2D eigenvalue weighted by Gasteiger charge is 2.21. The van der Waals surface area contributed by atoms with Gasteiger partial charge in [-0.05, 0) is 36.2 Å². The van der Waals surface area contributed by atoms with E-state index in [0.29, 0.717) is 54.0 Å². The highest BCUT2D eigenvalue weighted by Crippen LogP contribution is 2.26. The Bertz CT molecular complexity index is 815. The molecule has 0 aromatic heterocycles. The van der Waals surface area contributed by atoms with E-state index in [0.717, 1.165) is 5.56 Å². The maximum absolute atomic E-state index is 12.8. The van der Waals surface area contributed by atoms with Gasteiger partial charge in [0.05, 0.1) is 24.5 Å². The van der Waals surface area contributed by atoms with Crippen LogP contribution in [0.5, 0.6) is 0 Å². The van der Waals surface area contributed by atoms with Gasteiger partial charge >= 0.3 is 0 Å². The Labute approximate surface area is 168 Å². The van der Waals surface area contributed by atoms with Crippen LogP contribution >= 0.6 is 23.2 Å². The zero-order valence-electron chi connectivity index (χ0n) is 14.7. The van der Waals surface area contributed by atoms with Crippen molar-refractivity contribution in [2.75, 3.05) is 31.6 Å². The molecule has 7 heteroatoms. The lowest BCUT2D eigenvalue weighted by molar-refractivity contribution is -0.116. The van der Waals surface area contributed by atoms with E-state index in [2.05, 4.69) is 5.32 Å². The fourth-order valence-electron chi connectivity index (χ4n) is 2.94. The van der Waals surface area contributed by atoms with Crippen LogP contribution in [0.1, 0.15) is 22.3 Å². The van der Waals surface area contributed by atoms with E-state index in [1.54, 1.807) is 47.4 Å². The first-order valence-electron chi connectivity index (χ1n) is 8.75. The van der Waals surface area contributed by atoms with Crippen LogP contribution < -0.4 is 5.32 Å². The SMILES string of the molecule is O=C(CCc1c(Cl)cccc1Cl)Nc1ccccc1C(=O)N1CCOCC1. The first kappa shape index (κ1) is 19.7. The first-order valence-corrected chi connectivity index (χ1v) is 9.50.